The van der Waals surface area contributed by atoms with Gasteiger partial charge in [0.25, 0.3) is 0 Å². The van der Waals surface area contributed by atoms with Gasteiger partial charge in [0.2, 0.25) is 17.6 Å². The first-order valence-electron chi connectivity index (χ1n) is 9.90. The average Bonchev–Trinajstić information content (AvgIpc) is 3.29. The van der Waals surface area contributed by atoms with Crippen LogP contribution in [0.15, 0.2) is 88.5 Å². The predicted molar refractivity (Wildman–Crippen MR) is 119 cm³/mol. The highest BCUT2D eigenvalue weighted by atomic mass is 32.2. The second-order valence-corrected chi connectivity index (χ2v) is 9.13. The van der Waals surface area contributed by atoms with Crippen molar-refractivity contribution in [2.75, 3.05) is 11.1 Å². The Kier molecular flexibility index (Phi) is 6.37. The Morgan fingerprint density at radius 3 is 2.53 bits per heavy atom. The molecule has 0 fully saturated rings. The number of hydrogen-bond donors (Lipinski definition) is 1. The van der Waals surface area contributed by atoms with Gasteiger partial charge in [0, 0.05) is 30.1 Å². The van der Waals surface area contributed by atoms with Gasteiger partial charge in [-0.25, -0.2) is 8.42 Å². The van der Waals surface area contributed by atoms with E-state index >= 15 is 0 Å². The molecule has 32 heavy (non-hydrogen) atoms. The van der Waals surface area contributed by atoms with Crippen molar-refractivity contribution in [3.8, 4) is 11.4 Å². The number of aromatic nitrogens is 3. The van der Waals surface area contributed by atoms with Crippen LogP contribution in [0, 0.1) is 0 Å². The average molecular weight is 449 g/mol. The fourth-order valence-electron chi connectivity index (χ4n) is 3.08. The first kappa shape index (κ1) is 21.4. The molecule has 0 aliphatic rings. The van der Waals surface area contributed by atoms with E-state index in [9.17, 15) is 13.2 Å². The fourth-order valence-corrected chi connectivity index (χ4v) is 4.35. The van der Waals surface area contributed by atoms with Gasteiger partial charge in [-0.15, -0.1) is 0 Å². The normalized spacial score (nSPS) is 11.2. The smallest absolute Gasteiger partial charge is 0.231 e. The summed E-state index contributed by atoms with van der Waals surface area (Å²) in [4.78, 5) is 21.1. The molecule has 2 aromatic heterocycles. The summed E-state index contributed by atoms with van der Waals surface area (Å²) in [5.41, 5.74) is 2.08. The van der Waals surface area contributed by atoms with Gasteiger partial charge in [0.05, 0.1) is 17.1 Å². The lowest BCUT2D eigenvalue weighted by Crippen LogP contribution is -2.18. The predicted octanol–water partition coefficient (Wildman–Crippen LogP) is 3.52. The number of para-hydroxylation sites is 1. The highest BCUT2D eigenvalue weighted by Crippen LogP contribution is 2.21. The Morgan fingerprint density at radius 1 is 0.969 bits per heavy atom. The number of nitrogens with one attached hydrogen (secondary N) is 1. The second kappa shape index (κ2) is 9.52. The van der Waals surface area contributed by atoms with E-state index in [-0.39, 0.29) is 17.1 Å². The summed E-state index contributed by atoms with van der Waals surface area (Å²) in [6, 6.07) is 18.9. The third-order valence-corrected chi connectivity index (χ3v) is 6.45. The zero-order valence-electron chi connectivity index (χ0n) is 17.0. The summed E-state index contributed by atoms with van der Waals surface area (Å²) in [6.07, 6.45) is 3.46. The Bertz CT molecular complexity index is 1310. The highest BCUT2D eigenvalue weighted by Gasteiger charge is 2.17. The number of amides is 1. The summed E-state index contributed by atoms with van der Waals surface area (Å²) in [5.74, 6) is 0.153. The summed E-state index contributed by atoms with van der Waals surface area (Å²) in [7, 11) is -3.53. The number of benzene rings is 2. The number of pyridine rings is 1. The molecule has 0 saturated heterocycles. The molecule has 0 spiro atoms. The van der Waals surface area contributed by atoms with Crippen molar-refractivity contribution in [2.24, 2.45) is 0 Å². The summed E-state index contributed by atoms with van der Waals surface area (Å²) < 4.78 is 30.2. The molecule has 1 amide bonds. The van der Waals surface area contributed by atoms with Gasteiger partial charge in [0.1, 0.15) is 0 Å². The van der Waals surface area contributed by atoms with Crippen LogP contribution in [0.2, 0.25) is 0 Å². The van der Waals surface area contributed by atoms with Gasteiger partial charge in [0.15, 0.2) is 9.84 Å². The maximum absolute atomic E-state index is 12.5. The van der Waals surface area contributed by atoms with Crippen molar-refractivity contribution >= 4 is 21.4 Å². The van der Waals surface area contributed by atoms with Crippen molar-refractivity contribution in [3.05, 3.63) is 90.6 Å². The van der Waals surface area contributed by atoms with Gasteiger partial charge in [-0.3, -0.25) is 9.78 Å². The van der Waals surface area contributed by atoms with Crippen molar-refractivity contribution < 1.29 is 17.7 Å². The molecule has 9 heteroatoms. The SMILES string of the molecule is O=C(CCS(=O)(=O)c1ccccc1)Nc1ccccc1Cc1nc(-c2cccnc2)no1. The number of carbonyl (C=O) groups excluding carboxylic acids is 1. The monoisotopic (exact) mass is 448 g/mol. The van der Waals surface area contributed by atoms with Crippen molar-refractivity contribution in [1.29, 1.82) is 0 Å². The number of carbonyl (C=O) groups is 1. The van der Waals surface area contributed by atoms with E-state index in [4.69, 9.17) is 4.52 Å². The number of nitrogens with zero attached hydrogens (tertiary/aromatic N) is 3. The van der Waals surface area contributed by atoms with E-state index < -0.39 is 15.7 Å². The minimum atomic E-state index is -3.53. The maximum atomic E-state index is 12.5. The molecule has 0 unspecified atom stereocenters. The zero-order chi connectivity index (χ0) is 22.4. The Morgan fingerprint density at radius 2 is 1.75 bits per heavy atom. The largest absolute Gasteiger partial charge is 0.339 e. The van der Waals surface area contributed by atoms with Crippen LogP contribution in [0.3, 0.4) is 0 Å². The van der Waals surface area contributed by atoms with Crippen LogP contribution in [0.5, 0.6) is 0 Å². The molecule has 0 atom stereocenters. The molecule has 0 radical (unpaired) electrons. The fraction of sp³-hybridized carbons (Fsp3) is 0.130. The van der Waals surface area contributed by atoms with Gasteiger partial charge in [-0.2, -0.15) is 4.98 Å². The van der Waals surface area contributed by atoms with E-state index in [0.29, 0.717) is 23.8 Å². The van der Waals surface area contributed by atoms with Crippen LogP contribution in [0.25, 0.3) is 11.4 Å². The van der Waals surface area contributed by atoms with E-state index in [2.05, 4.69) is 20.4 Å². The van der Waals surface area contributed by atoms with E-state index in [1.807, 2.05) is 18.2 Å². The number of anilines is 1. The third-order valence-electron chi connectivity index (χ3n) is 4.72. The summed E-state index contributed by atoms with van der Waals surface area (Å²) in [5, 5.41) is 6.77. The lowest BCUT2D eigenvalue weighted by molar-refractivity contribution is -0.115. The Balaban J connectivity index is 1.41. The van der Waals surface area contributed by atoms with Crippen molar-refractivity contribution in [1.82, 2.24) is 15.1 Å². The second-order valence-electron chi connectivity index (χ2n) is 7.02. The van der Waals surface area contributed by atoms with Gasteiger partial charge >= 0.3 is 0 Å². The summed E-state index contributed by atoms with van der Waals surface area (Å²) in [6.45, 7) is 0. The van der Waals surface area contributed by atoms with Crippen molar-refractivity contribution in [2.45, 2.75) is 17.7 Å². The molecule has 0 bridgehead atoms. The number of rotatable bonds is 8. The van der Waals surface area contributed by atoms with E-state index in [0.717, 1.165) is 11.1 Å². The Labute approximate surface area is 185 Å². The van der Waals surface area contributed by atoms with E-state index in [1.54, 1.807) is 48.8 Å². The molecule has 4 aromatic rings. The molecule has 162 valence electrons. The van der Waals surface area contributed by atoms with Gasteiger partial charge < -0.3 is 9.84 Å². The minimum Gasteiger partial charge on any atom is -0.339 e. The quantitative estimate of drug-likeness (QED) is 0.438. The molecule has 0 aliphatic carbocycles. The first-order valence-corrected chi connectivity index (χ1v) is 11.5. The van der Waals surface area contributed by atoms with Crippen LogP contribution in [0.1, 0.15) is 17.9 Å². The topological polar surface area (TPSA) is 115 Å². The molecule has 1 N–H and O–H groups in total. The minimum absolute atomic E-state index is 0.155. The lowest BCUT2D eigenvalue weighted by atomic mass is 10.1. The van der Waals surface area contributed by atoms with Gasteiger partial charge in [-0.1, -0.05) is 41.6 Å². The molecular formula is C23H20N4O4S. The lowest BCUT2D eigenvalue weighted by Gasteiger charge is -2.10. The number of sulfone groups is 1. The molecule has 2 aromatic carbocycles. The molecule has 2 heterocycles. The van der Waals surface area contributed by atoms with Crippen molar-refractivity contribution in [3.63, 3.8) is 0 Å². The van der Waals surface area contributed by atoms with Crippen LogP contribution < -0.4 is 5.32 Å². The van der Waals surface area contributed by atoms with Crippen LogP contribution in [-0.2, 0) is 21.1 Å². The third kappa shape index (κ3) is 5.25. The first-order chi connectivity index (χ1) is 15.5. The summed E-state index contributed by atoms with van der Waals surface area (Å²) >= 11 is 0. The standard InChI is InChI=1S/C23H20N4O4S/c28-21(12-14-32(29,30)19-9-2-1-3-10-19)25-20-11-5-4-7-17(20)15-22-26-23(27-31-22)18-8-6-13-24-16-18/h1-11,13,16H,12,14-15H2,(H,25,28). The van der Waals surface area contributed by atoms with Crippen LogP contribution >= 0.6 is 0 Å². The molecule has 4 rings (SSSR count). The highest BCUT2D eigenvalue weighted by molar-refractivity contribution is 7.91. The molecule has 8 nitrogen and oxygen atoms in total. The van der Waals surface area contributed by atoms with Crippen LogP contribution in [0.4, 0.5) is 5.69 Å². The molecular weight excluding hydrogens is 428 g/mol. The zero-order valence-corrected chi connectivity index (χ0v) is 17.8. The Hall–Kier alpha value is -3.85. The number of hydrogen-bond acceptors (Lipinski definition) is 7. The molecule has 0 saturated carbocycles. The maximum Gasteiger partial charge on any atom is 0.231 e. The van der Waals surface area contributed by atoms with Crippen LogP contribution in [-0.4, -0.2) is 35.2 Å². The van der Waals surface area contributed by atoms with E-state index in [1.165, 1.54) is 12.1 Å². The van der Waals surface area contributed by atoms with Gasteiger partial charge in [-0.05, 0) is 35.9 Å². The molecule has 0 aliphatic heterocycles.